The summed E-state index contributed by atoms with van der Waals surface area (Å²) in [7, 11) is -8.38. The third-order valence-electron chi connectivity index (χ3n) is 0.210. The Hall–Kier alpha value is 1.34. The van der Waals surface area contributed by atoms with E-state index in [2.05, 4.69) is 14.0 Å². The molecule has 96 valence electrons. The van der Waals surface area contributed by atoms with Crippen molar-refractivity contribution >= 4 is 43.2 Å². The predicted octanol–water partition coefficient (Wildman–Crippen LogP) is -3.21. The summed E-state index contributed by atoms with van der Waals surface area (Å²) in [5.41, 5.74) is 0. The van der Waals surface area contributed by atoms with E-state index in [-0.39, 0.29) is 17.4 Å². The van der Waals surface area contributed by atoms with E-state index in [9.17, 15) is 0 Å². The molecule has 3 unspecified atom stereocenters. The van der Waals surface area contributed by atoms with Crippen LogP contribution in [0.2, 0.25) is 0 Å². The van der Waals surface area contributed by atoms with Crippen LogP contribution in [0.25, 0.3) is 0 Å². The van der Waals surface area contributed by atoms with Gasteiger partial charge in [-0.3, -0.25) is 0 Å². The van der Waals surface area contributed by atoms with Crippen molar-refractivity contribution in [3.8, 4) is 0 Å². The Bertz CT molecular complexity index is 77.2. The van der Waals surface area contributed by atoms with Gasteiger partial charge in [0.25, 0.3) is 0 Å². The third kappa shape index (κ3) is 58.5. The van der Waals surface area contributed by atoms with Gasteiger partial charge >= 0.3 is 17.4 Å². The van der Waals surface area contributed by atoms with Gasteiger partial charge < -0.3 is 29.4 Å². The summed E-state index contributed by atoms with van der Waals surface area (Å²) in [6, 6.07) is 0. The quantitative estimate of drug-likeness (QED) is 0.131. The molecule has 0 bridgehead atoms. The molecular weight excluding hydrogens is 312 g/mol. The zero-order chi connectivity index (χ0) is 12.9. The van der Waals surface area contributed by atoms with Gasteiger partial charge in [-0.1, -0.05) is 0 Å². The maximum Gasteiger partial charge on any atom is 3.00 e. The molecular formula is H6AlO12P3. The molecule has 16 heteroatoms. The molecule has 0 aromatic carbocycles. The van der Waals surface area contributed by atoms with Crippen molar-refractivity contribution in [1.82, 2.24) is 0 Å². The normalized spacial score (nSPS) is 14.1. The Morgan fingerprint density at radius 3 is 0.688 bits per heavy atom. The van der Waals surface area contributed by atoms with Gasteiger partial charge in [0, 0.05) is 0 Å². The van der Waals surface area contributed by atoms with Crippen LogP contribution in [-0.2, 0) is 14.0 Å². The van der Waals surface area contributed by atoms with Crippen molar-refractivity contribution < 1.29 is 59.2 Å². The van der Waals surface area contributed by atoms with Gasteiger partial charge in [0.15, 0.2) is 0 Å². The van der Waals surface area contributed by atoms with Crippen LogP contribution >= 0.6 is 25.8 Å². The Morgan fingerprint density at radius 2 is 0.688 bits per heavy atom. The van der Waals surface area contributed by atoms with Crippen LogP contribution in [0.15, 0.2) is 0 Å². The van der Waals surface area contributed by atoms with E-state index < -0.39 is 25.8 Å². The van der Waals surface area contributed by atoms with Crippen molar-refractivity contribution in [2.75, 3.05) is 0 Å². The van der Waals surface area contributed by atoms with Crippen LogP contribution in [0.5, 0.6) is 0 Å². The monoisotopic (exact) mass is 318 g/mol. The number of rotatable bonds is 3. The predicted molar refractivity (Wildman–Crippen MR) is 44.3 cm³/mol. The zero-order valence-electron chi connectivity index (χ0n) is 7.05. The first kappa shape index (κ1) is 26.0. The second kappa shape index (κ2) is 21.6. The van der Waals surface area contributed by atoms with Crippen molar-refractivity contribution in [2.24, 2.45) is 0 Å². The van der Waals surface area contributed by atoms with Crippen LogP contribution in [0.3, 0.4) is 0 Å². The number of hydrogen-bond acceptors (Lipinski definition) is 12. The average molecular weight is 318 g/mol. The minimum atomic E-state index is -2.79. The second-order valence-corrected chi connectivity index (χ2v) is 2.88. The van der Waals surface area contributed by atoms with Crippen LogP contribution in [0.1, 0.15) is 0 Å². The van der Waals surface area contributed by atoms with Crippen LogP contribution < -0.4 is 14.7 Å². The van der Waals surface area contributed by atoms with E-state index in [0.29, 0.717) is 0 Å². The topological polar surface area (TPSA) is 218 Å². The van der Waals surface area contributed by atoms with E-state index in [1.165, 1.54) is 0 Å². The molecule has 0 aliphatic carbocycles. The molecule has 0 radical (unpaired) electrons. The summed E-state index contributed by atoms with van der Waals surface area (Å²) in [6.45, 7) is 0. The Kier molecular flexibility index (Phi) is 35.1. The van der Waals surface area contributed by atoms with Crippen LogP contribution in [0.4, 0.5) is 0 Å². The Morgan fingerprint density at radius 1 is 0.625 bits per heavy atom. The summed E-state index contributed by atoms with van der Waals surface area (Å²) >= 11 is 0. The van der Waals surface area contributed by atoms with E-state index >= 15 is 0 Å². The van der Waals surface area contributed by atoms with Crippen molar-refractivity contribution in [3.05, 3.63) is 0 Å². The number of hydrogen-bond donors (Lipinski definition) is 6. The molecule has 3 atom stereocenters. The van der Waals surface area contributed by atoms with Crippen molar-refractivity contribution in [3.63, 3.8) is 0 Å². The van der Waals surface area contributed by atoms with Gasteiger partial charge in [0.05, 0.1) is 0 Å². The molecule has 0 saturated carbocycles. The molecule has 0 spiro atoms. The third-order valence-corrected chi connectivity index (χ3v) is 0.629. The second-order valence-electron chi connectivity index (χ2n) is 0.958. The molecule has 0 rings (SSSR count). The zero-order valence-corrected chi connectivity index (χ0v) is 10.9. The summed E-state index contributed by atoms with van der Waals surface area (Å²) in [5.74, 6) is 0. The molecule has 0 saturated heterocycles. The summed E-state index contributed by atoms with van der Waals surface area (Å²) in [4.78, 5) is 49.3. The molecule has 0 heterocycles. The Labute approximate surface area is 103 Å². The van der Waals surface area contributed by atoms with Gasteiger partial charge in [-0.15, -0.1) is 0 Å². The fraction of sp³-hybridized carbons (Fsp3) is 0. The van der Waals surface area contributed by atoms with Crippen molar-refractivity contribution in [1.29, 1.82) is 0 Å². The summed E-state index contributed by atoms with van der Waals surface area (Å²) in [5, 5.41) is 21.3. The Balaban J connectivity index is -0.0000000655. The fourth-order valence-corrected chi connectivity index (χ4v) is 0. The standard InChI is InChI=1S/Al.3H2O4P/c;3*1-4-5(2)3/h;3*1-2H/q+3;3*-1. The van der Waals surface area contributed by atoms with Crippen molar-refractivity contribution in [2.45, 2.75) is 0 Å². The molecule has 0 aromatic heterocycles. The minimum absolute atomic E-state index is 0. The maximum atomic E-state index is 9.04. The SMILES string of the molecule is [Al+3].[O-]P(O)OO.[O-]P(O)OO.[O-]P(O)OO. The summed E-state index contributed by atoms with van der Waals surface area (Å²) < 4.78 is 8.44. The molecule has 0 aliphatic heterocycles. The van der Waals surface area contributed by atoms with E-state index in [0.717, 1.165) is 0 Å². The first-order valence-electron chi connectivity index (χ1n) is 2.24. The van der Waals surface area contributed by atoms with Gasteiger partial charge in [-0.05, 0) is 0 Å². The first-order chi connectivity index (χ1) is 6.81. The van der Waals surface area contributed by atoms with Gasteiger partial charge in [0.1, 0.15) is 25.8 Å². The summed E-state index contributed by atoms with van der Waals surface area (Å²) in [6.07, 6.45) is 0. The largest absolute Gasteiger partial charge is 3.00 e. The molecule has 12 nitrogen and oxygen atoms in total. The van der Waals surface area contributed by atoms with E-state index in [4.69, 9.17) is 45.1 Å². The molecule has 16 heavy (non-hydrogen) atoms. The minimum Gasteiger partial charge on any atom is -0.784 e. The smallest absolute Gasteiger partial charge is 0.784 e. The van der Waals surface area contributed by atoms with Gasteiger partial charge in [-0.2, -0.15) is 0 Å². The molecule has 0 amide bonds. The van der Waals surface area contributed by atoms with Gasteiger partial charge in [-0.25, -0.2) is 29.8 Å². The molecule has 0 aliphatic rings. The molecule has 0 fully saturated rings. The van der Waals surface area contributed by atoms with Gasteiger partial charge in [0.2, 0.25) is 0 Å². The van der Waals surface area contributed by atoms with E-state index in [1.807, 2.05) is 0 Å². The average Bonchev–Trinajstić information content (AvgIpc) is 2.19. The van der Waals surface area contributed by atoms with E-state index in [1.54, 1.807) is 0 Å². The molecule has 6 N–H and O–H groups in total. The maximum absolute atomic E-state index is 9.04. The fourth-order valence-electron chi connectivity index (χ4n) is 0. The van der Waals surface area contributed by atoms with Crippen LogP contribution in [0, 0.1) is 0 Å². The molecule has 0 aromatic rings. The van der Waals surface area contributed by atoms with Crippen LogP contribution in [-0.4, -0.2) is 47.8 Å². The first-order valence-corrected chi connectivity index (χ1v) is 5.63.